The molecule has 1 fully saturated rings. The van der Waals surface area contributed by atoms with Gasteiger partial charge in [-0.2, -0.15) is 0 Å². The second kappa shape index (κ2) is 7.06. The predicted octanol–water partition coefficient (Wildman–Crippen LogP) is 2.46. The van der Waals surface area contributed by atoms with Crippen LogP contribution in [0.5, 0.6) is 5.75 Å². The lowest BCUT2D eigenvalue weighted by Crippen LogP contribution is -2.38. The van der Waals surface area contributed by atoms with Crippen molar-refractivity contribution in [3.63, 3.8) is 0 Å². The number of rotatable bonds is 3. The zero-order chi connectivity index (χ0) is 12.1. The van der Waals surface area contributed by atoms with Gasteiger partial charge in [-0.15, -0.1) is 12.4 Å². The summed E-state index contributed by atoms with van der Waals surface area (Å²) in [6.07, 6.45) is 6.08. The largest absolute Gasteiger partial charge is 0.490 e. The molecule has 0 unspecified atom stereocenters. The molecule has 2 rings (SSSR count). The van der Waals surface area contributed by atoms with Gasteiger partial charge >= 0.3 is 6.09 Å². The van der Waals surface area contributed by atoms with E-state index in [-0.39, 0.29) is 24.6 Å². The van der Waals surface area contributed by atoms with E-state index in [9.17, 15) is 4.79 Å². The lowest BCUT2D eigenvalue weighted by molar-refractivity contribution is 0.134. The highest BCUT2D eigenvalue weighted by Crippen LogP contribution is 2.23. The van der Waals surface area contributed by atoms with Gasteiger partial charge in [-0.3, -0.25) is 4.98 Å². The molecular formula is C12H17ClN2O3. The molecule has 1 saturated carbocycles. The van der Waals surface area contributed by atoms with Crippen LogP contribution in [0.1, 0.15) is 25.7 Å². The fourth-order valence-electron chi connectivity index (χ4n) is 2.11. The average Bonchev–Trinajstić information content (AvgIpc) is 2.32. The van der Waals surface area contributed by atoms with Crippen molar-refractivity contribution in [2.24, 2.45) is 0 Å². The summed E-state index contributed by atoms with van der Waals surface area (Å²) in [5.41, 5.74) is 0. The number of aromatic nitrogens is 1. The molecule has 6 heteroatoms. The second-order valence-corrected chi connectivity index (χ2v) is 4.22. The fraction of sp³-hybridized carbons (Fsp3) is 0.500. The topological polar surface area (TPSA) is 71.5 Å². The number of carboxylic acid groups (broad SMARTS) is 1. The Morgan fingerprint density at radius 2 is 1.89 bits per heavy atom. The minimum atomic E-state index is -0.941. The van der Waals surface area contributed by atoms with E-state index in [2.05, 4.69) is 10.3 Å². The monoisotopic (exact) mass is 272 g/mol. The Bertz CT molecular complexity index is 367. The Balaban J connectivity index is 0.00000162. The normalized spacial score (nSPS) is 22.7. The van der Waals surface area contributed by atoms with Crippen molar-refractivity contribution in [1.29, 1.82) is 0 Å². The zero-order valence-electron chi connectivity index (χ0n) is 9.91. The number of hydrogen-bond donors (Lipinski definition) is 2. The molecular weight excluding hydrogens is 256 g/mol. The van der Waals surface area contributed by atoms with E-state index in [4.69, 9.17) is 9.84 Å². The smallest absolute Gasteiger partial charge is 0.404 e. The van der Waals surface area contributed by atoms with Gasteiger partial charge in [0.05, 0.1) is 6.10 Å². The molecule has 0 aliphatic heterocycles. The molecule has 1 aliphatic rings. The van der Waals surface area contributed by atoms with Crippen LogP contribution in [-0.4, -0.2) is 28.3 Å². The van der Waals surface area contributed by atoms with Gasteiger partial charge in [0.25, 0.3) is 0 Å². The van der Waals surface area contributed by atoms with Gasteiger partial charge in [0.15, 0.2) is 0 Å². The number of nitrogens with zero attached hydrogens (tertiary/aromatic N) is 1. The van der Waals surface area contributed by atoms with Crippen LogP contribution in [0, 0.1) is 0 Å². The fourth-order valence-corrected chi connectivity index (χ4v) is 2.11. The minimum Gasteiger partial charge on any atom is -0.490 e. The van der Waals surface area contributed by atoms with E-state index in [0.29, 0.717) is 0 Å². The Kier molecular flexibility index (Phi) is 5.71. The van der Waals surface area contributed by atoms with Crippen molar-refractivity contribution in [2.75, 3.05) is 0 Å². The van der Waals surface area contributed by atoms with E-state index in [0.717, 1.165) is 31.4 Å². The van der Waals surface area contributed by atoms with E-state index < -0.39 is 6.09 Å². The maximum atomic E-state index is 10.5. The van der Waals surface area contributed by atoms with Crippen molar-refractivity contribution in [2.45, 2.75) is 37.8 Å². The number of carbonyl (C=O) groups is 1. The van der Waals surface area contributed by atoms with Gasteiger partial charge in [0, 0.05) is 18.4 Å². The maximum absolute atomic E-state index is 10.5. The summed E-state index contributed by atoms with van der Waals surface area (Å²) in [5, 5.41) is 11.1. The molecule has 1 heterocycles. The molecule has 0 saturated heterocycles. The van der Waals surface area contributed by atoms with Crippen LogP contribution in [0.15, 0.2) is 24.5 Å². The minimum absolute atomic E-state index is 0. The van der Waals surface area contributed by atoms with Crippen molar-refractivity contribution in [3.8, 4) is 5.75 Å². The summed E-state index contributed by atoms with van der Waals surface area (Å²) >= 11 is 0. The third kappa shape index (κ3) is 4.41. The first-order valence-corrected chi connectivity index (χ1v) is 5.80. The summed E-state index contributed by atoms with van der Waals surface area (Å²) < 4.78 is 5.79. The second-order valence-electron chi connectivity index (χ2n) is 4.22. The molecule has 5 nitrogen and oxygen atoms in total. The highest BCUT2D eigenvalue weighted by molar-refractivity contribution is 5.85. The average molecular weight is 273 g/mol. The molecule has 0 radical (unpaired) electrons. The van der Waals surface area contributed by atoms with Gasteiger partial charge in [-0.1, -0.05) is 0 Å². The van der Waals surface area contributed by atoms with E-state index in [1.807, 2.05) is 12.1 Å². The first kappa shape index (κ1) is 14.6. The summed E-state index contributed by atoms with van der Waals surface area (Å²) in [7, 11) is 0. The third-order valence-corrected chi connectivity index (χ3v) is 2.95. The molecule has 1 aliphatic carbocycles. The Morgan fingerprint density at radius 1 is 1.28 bits per heavy atom. The molecule has 0 spiro atoms. The van der Waals surface area contributed by atoms with E-state index in [1.165, 1.54) is 0 Å². The van der Waals surface area contributed by atoms with Gasteiger partial charge in [0.2, 0.25) is 0 Å². The molecule has 100 valence electrons. The third-order valence-electron chi connectivity index (χ3n) is 2.95. The van der Waals surface area contributed by atoms with Gasteiger partial charge < -0.3 is 15.2 Å². The van der Waals surface area contributed by atoms with Crippen LogP contribution in [0.25, 0.3) is 0 Å². The van der Waals surface area contributed by atoms with Crippen LogP contribution in [-0.2, 0) is 0 Å². The SMILES string of the molecule is Cl.O=C(O)N[C@H]1CC[C@H](Oc2ccncc2)CC1. The summed E-state index contributed by atoms with van der Waals surface area (Å²) in [5.74, 6) is 0.828. The zero-order valence-corrected chi connectivity index (χ0v) is 10.7. The van der Waals surface area contributed by atoms with Crippen LogP contribution in [0.4, 0.5) is 4.79 Å². The summed E-state index contributed by atoms with van der Waals surface area (Å²) in [6.45, 7) is 0. The molecule has 1 aromatic rings. The van der Waals surface area contributed by atoms with Crippen LogP contribution < -0.4 is 10.1 Å². The number of pyridine rings is 1. The Hall–Kier alpha value is -1.49. The molecule has 1 aromatic heterocycles. The highest BCUT2D eigenvalue weighted by atomic mass is 35.5. The number of halogens is 1. The Morgan fingerprint density at radius 3 is 2.44 bits per heavy atom. The molecule has 2 N–H and O–H groups in total. The summed E-state index contributed by atoms with van der Waals surface area (Å²) in [4.78, 5) is 14.4. The van der Waals surface area contributed by atoms with Gasteiger partial charge in [-0.25, -0.2) is 4.79 Å². The molecule has 0 bridgehead atoms. The van der Waals surface area contributed by atoms with Crippen molar-refractivity contribution in [1.82, 2.24) is 10.3 Å². The number of nitrogens with one attached hydrogen (secondary N) is 1. The van der Waals surface area contributed by atoms with E-state index in [1.54, 1.807) is 12.4 Å². The van der Waals surface area contributed by atoms with Crippen LogP contribution in [0.3, 0.4) is 0 Å². The van der Waals surface area contributed by atoms with Crippen molar-refractivity contribution in [3.05, 3.63) is 24.5 Å². The standard InChI is InChI=1S/C12H16N2O3.ClH/c15-12(16)14-9-1-3-10(4-2-9)17-11-5-7-13-8-6-11;/h5-10,14H,1-4H2,(H,15,16);1H/t9-,10-;. The first-order valence-electron chi connectivity index (χ1n) is 5.80. The lowest BCUT2D eigenvalue weighted by Gasteiger charge is -2.28. The van der Waals surface area contributed by atoms with Gasteiger partial charge in [0.1, 0.15) is 5.75 Å². The Labute approximate surface area is 112 Å². The summed E-state index contributed by atoms with van der Waals surface area (Å²) in [6, 6.07) is 3.74. The molecule has 18 heavy (non-hydrogen) atoms. The van der Waals surface area contributed by atoms with Crippen LogP contribution >= 0.6 is 12.4 Å². The van der Waals surface area contributed by atoms with Gasteiger partial charge in [-0.05, 0) is 37.8 Å². The number of hydrogen-bond acceptors (Lipinski definition) is 3. The van der Waals surface area contributed by atoms with E-state index >= 15 is 0 Å². The number of amides is 1. The van der Waals surface area contributed by atoms with Crippen LogP contribution in [0.2, 0.25) is 0 Å². The quantitative estimate of drug-likeness (QED) is 0.887. The first-order chi connectivity index (χ1) is 8.24. The van der Waals surface area contributed by atoms with Crippen molar-refractivity contribution < 1.29 is 14.6 Å². The van der Waals surface area contributed by atoms with Crippen molar-refractivity contribution >= 4 is 18.5 Å². The predicted molar refractivity (Wildman–Crippen MR) is 69.3 cm³/mol. The lowest BCUT2D eigenvalue weighted by atomic mass is 9.93. The maximum Gasteiger partial charge on any atom is 0.404 e. The number of ether oxygens (including phenoxy) is 1. The molecule has 1 amide bonds. The highest BCUT2D eigenvalue weighted by Gasteiger charge is 2.23. The molecule has 0 atom stereocenters. The molecule has 0 aromatic carbocycles.